The van der Waals surface area contributed by atoms with Crippen LogP contribution in [0.5, 0.6) is 17.2 Å². The molecular weight excluding hydrogens is 872 g/mol. The van der Waals surface area contributed by atoms with E-state index in [1.807, 2.05) is 4.90 Å². The number of benzene rings is 2. The number of hydrogen-bond donors (Lipinski definition) is 6. The lowest BCUT2D eigenvalue weighted by atomic mass is 9.71. The van der Waals surface area contributed by atoms with Crippen LogP contribution in [0.2, 0.25) is 0 Å². The number of allylic oxidation sites excluding steroid dienone is 1. The molecule has 358 valence electrons. The first kappa shape index (κ1) is 49.5. The van der Waals surface area contributed by atoms with Crippen molar-refractivity contribution in [3.05, 3.63) is 109 Å². The third-order valence-electron chi connectivity index (χ3n) is 12.1. The monoisotopic (exact) mass is 926 g/mol. The van der Waals surface area contributed by atoms with Gasteiger partial charge < -0.3 is 74.6 Å². The van der Waals surface area contributed by atoms with E-state index in [4.69, 9.17) is 23.7 Å². The smallest absolute Gasteiger partial charge is 0.434 e. The summed E-state index contributed by atoms with van der Waals surface area (Å²) >= 11 is 0. The first-order valence-electron chi connectivity index (χ1n) is 21.1. The number of aromatic hydroxyl groups is 2. The number of carbonyl (C=O) groups excluding carboxylic acids is 2. The number of phenols is 2. The lowest BCUT2D eigenvalue weighted by Crippen LogP contribution is -2.57. The van der Waals surface area contributed by atoms with E-state index in [9.17, 15) is 60.5 Å². The lowest BCUT2D eigenvalue weighted by Gasteiger charge is -2.46. The van der Waals surface area contributed by atoms with Gasteiger partial charge in [-0.2, -0.15) is 0 Å². The van der Waals surface area contributed by atoms with E-state index in [0.29, 0.717) is 0 Å². The van der Waals surface area contributed by atoms with Crippen molar-refractivity contribution in [1.82, 2.24) is 19.4 Å². The van der Waals surface area contributed by atoms with Crippen molar-refractivity contribution in [2.75, 3.05) is 59.8 Å². The van der Waals surface area contributed by atoms with Crippen molar-refractivity contribution >= 4 is 17.5 Å². The minimum absolute atomic E-state index is 0.0504. The number of aromatic nitrogens is 2. The standard InChI is InChI=1S/C43H54N6O17/c1-5-10-45(25(3)48(58)59)12-16-63-17-13-46(14-18-64-19-15-47-11-9-44-42(47)49(60)61)28-20-32(65-24(2)37(28)52)66-30-22-43(57,31(51)23-50)21-27-34(30)41(56)36-35(39(27)54)38(53)26-7-6-8-29(62-4)33(26)40(36)55/h5-11,24,28,30-32,37,50-52,54,56-57H,3,12-23H2,1-2,4H3/b10-5-. The Labute approximate surface area is 377 Å². The van der Waals surface area contributed by atoms with Gasteiger partial charge in [-0.15, -0.1) is 0 Å². The molecule has 1 aliphatic heterocycles. The first-order chi connectivity index (χ1) is 31.5. The van der Waals surface area contributed by atoms with Crippen LogP contribution < -0.4 is 4.74 Å². The molecule has 23 heteroatoms. The molecule has 1 aromatic heterocycles. The van der Waals surface area contributed by atoms with Gasteiger partial charge in [0.05, 0.1) is 93.5 Å². The van der Waals surface area contributed by atoms with Crippen molar-refractivity contribution in [2.45, 2.75) is 82.0 Å². The fourth-order valence-electron chi connectivity index (χ4n) is 8.71. The van der Waals surface area contributed by atoms with Crippen molar-refractivity contribution in [3.63, 3.8) is 0 Å². The van der Waals surface area contributed by atoms with Crippen molar-refractivity contribution in [1.29, 1.82) is 0 Å². The van der Waals surface area contributed by atoms with Gasteiger partial charge in [0, 0.05) is 55.1 Å². The average molecular weight is 927 g/mol. The molecule has 2 heterocycles. The number of imidazole rings is 1. The number of phenolic OH excluding ortho intramolecular Hbond substituents is 2. The number of ether oxygens (including phenoxy) is 5. The first-order valence-corrected chi connectivity index (χ1v) is 21.1. The Bertz CT molecular complexity index is 2340. The van der Waals surface area contributed by atoms with Gasteiger partial charge in [0.2, 0.25) is 5.78 Å². The highest BCUT2D eigenvalue weighted by Gasteiger charge is 2.50. The Hall–Kier alpha value is -5.89. The summed E-state index contributed by atoms with van der Waals surface area (Å²) in [4.78, 5) is 56.4. The highest BCUT2D eigenvalue weighted by molar-refractivity contribution is 6.31. The molecule has 0 bridgehead atoms. The van der Waals surface area contributed by atoms with E-state index in [1.165, 1.54) is 53.4 Å². The Morgan fingerprint density at radius 1 is 1.08 bits per heavy atom. The third kappa shape index (κ3) is 10.1. The van der Waals surface area contributed by atoms with E-state index in [2.05, 4.69) is 11.6 Å². The molecule has 66 heavy (non-hydrogen) atoms. The summed E-state index contributed by atoms with van der Waals surface area (Å²) in [5.74, 6) is -3.73. The van der Waals surface area contributed by atoms with Gasteiger partial charge in [-0.25, -0.2) is 9.47 Å². The minimum atomic E-state index is -2.20. The number of carbonyl (C=O) groups is 2. The Morgan fingerprint density at radius 2 is 1.76 bits per heavy atom. The van der Waals surface area contributed by atoms with Gasteiger partial charge in [-0.05, 0) is 42.4 Å². The predicted molar refractivity (Wildman–Crippen MR) is 228 cm³/mol. The van der Waals surface area contributed by atoms with Crippen LogP contribution in [0, 0.1) is 20.2 Å². The topological polar surface area (TPSA) is 312 Å². The maximum Gasteiger partial charge on any atom is 0.434 e. The van der Waals surface area contributed by atoms with Gasteiger partial charge in [-0.3, -0.25) is 14.5 Å². The molecule has 23 nitrogen and oxygen atoms in total. The van der Waals surface area contributed by atoms with Crippen LogP contribution in [0.4, 0.5) is 5.95 Å². The molecule has 6 rings (SSSR count). The summed E-state index contributed by atoms with van der Waals surface area (Å²) in [5.41, 5.74) is -3.85. The normalized spacial score (nSPS) is 23.1. The molecule has 7 atom stereocenters. The zero-order valence-corrected chi connectivity index (χ0v) is 36.6. The van der Waals surface area contributed by atoms with Gasteiger partial charge in [0.15, 0.2) is 12.1 Å². The molecule has 0 spiro atoms. The van der Waals surface area contributed by atoms with E-state index in [1.54, 1.807) is 19.9 Å². The minimum Gasteiger partial charge on any atom is -0.507 e. The van der Waals surface area contributed by atoms with Crippen LogP contribution in [0.15, 0.2) is 55.3 Å². The van der Waals surface area contributed by atoms with Crippen LogP contribution in [0.3, 0.4) is 0 Å². The maximum atomic E-state index is 14.1. The Morgan fingerprint density at radius 3 is 2.41 bits per heavy atom. The fraction of sp³-hybridized carbons (Fsp3) is 0.512. The number of methoxy groups -OCH3 is 1. The van der Waals surface area contributed by atoms with Crippen molar-refractivity contribution in [2.24, 2.45) is 0 Å². The number of rotatable bonds is 22. The zero-order chi connectivity index (χ0) is 48.0. The summed E-state index contributed by atoms with van der Waals surface area (Å²) in [5, 5.41) is 90.8. The molecule has 0 saturated carbocycles. The van der Waals surface area contributed by atoms with Crippen LogP contribution in [-0.4, -0.2) is 167 Å². The number of nitro groups is 2. The van der Waals surface area contributed by atoms with Gasteiger partial charge in [0.25, 0.3) is 0 Å². The molecule has 6 N–H and O–H groups in total. The number of hydrogen-bond acceptors (Lipinski definition) is 20. The summed E-state index contributed by atoms with van der Waals surface area (Å²) in [6.07, 6.45) is -1.83. The van der Waals surface area contributed by atoms with Crippen LogP contribution >= 0.6 is 0 Å². The largest absolute Gasteiger partial charge is 0.507 e. The van der Waals surface area contributed by atoms with Crippen LogP contribution in [0.25, 0.3) is 0 Å². The van der Waals surface area contributed by atoms with Gasteiger partial charge in [-0.1, -0.05) is 17.1 Å². The quantitative estimate of drug-likeness (QED) is 0.0282. The fourth-order valence-corrected chi connectivity index (χ4v) is 8.71. The number of aliphatic hydroxyl groups excluding tert-OH is 3. The Kier molecular flexibility index (Phi) is 15.9. The average Bonchev–Trinajstić information content (AvgIpc) is 3.77. The summed E-state index contributed by atoms with van der Waals surface area (Å²) < 4.78 is 31.0. The molecule has 0 amide bonds. The highest BCUT2D eigenvalue weighted by Crippen LogP contribution is 2.53. The number of aliphatic hydroxyl groups is 4. The number of fused-ring (bicyclic) bond motifs is 3. The highest BCUT2D eigenvalue weighted by atomic mass is 16.7. The molecule has 0 radical (unpaired) electrons. The molecule has 2 aliphatic carbocycles. The second-order valence-electron chi connectivity index (χ2n) is 16.0. The van der Waals surface area contributed by atoms with Crippen LogP contribution in [0.1, 0.15) is 75.8 Å². The summed E-state index contributed by atoms with van der Waals surface area (Å²) in [6.45, 7) is 6.71. The lowest BCUT2D eigenvalue weighted by molar-refractivity contribution is -0.443. The van der Waals surface area contributed by atoms with Crippen molar-refractivity contribution in [3.8, 4) is 17.2 Å². The Balaban J connectivity index is 1.27. The molecule has 2 aromatic carbocycles. The second-order valence-corrected chi connectivity index (χ2v) is 16.0. The van der Waals surface area contributed by atoms with Crippen LogP contribution in [-0.2, 0) is 31.9 Å². The second kappa shape index (κ2) is 21.2. The SMILES string of the molecule is C=C(N(/C=C\C)CCOCCN(CCOCCn1ccnc1[N+](=O)[O-])C1CC(OC2CC(O)(C(O)CO)Cc3c(O)c4c(c(O)c32)C(=O)c2c(OC)cccc2C4=O)OC(C)C1O)[N+](=O)[O-]. The van der Waals surface area contributed by atoms with Gasteiger partial charge >= 0.3 is 11.8 Å². The van der Waals surface area contributed by atoms with E-state index >= 15 is 0 Å². The number of ketones is 2. The molecule has 1 saturated heterocycles. The van der Waals surface area contributed by atoms with E-state index < -0.39 is 106 Å². The molecule has 1 fully saturated rings. The van der Waals surface area contributed by atoms with E-state index in [0.717, 1.165) is 0 Å². The zero-order valence-electron chi connectivity index (χ0n) is 36.6. The maximum absolute atomic E-state index is 14.1. The third-order valence-corrected chi connectivity index (χ3v) is 12.1. The summed E-state index contributed by atoms with van der Waals surface area (Å²) in [6, 6.07) is 3.56. The van der Waals surface area contributed by atoms with E-state index in [-0.39, 0.29) is 98.8 Å². The molecule has 3 aromatic rings. The van der Waals surface area contributed by atoms with Gasteiger partial charge in [0.1, 0.15) is 42.3 Å². The predicted octanol–water partition coefficient (Wildman–Crippen LogP) is 1.56. The molecule has 3 aliphatic rings. The summed E-state index contributed by atoms with van der Waals surface area (Å²) in [7, 11) is 1.30. The molecular formula is C43H54N6O17. The molecule has 7 unspecified atom stereocenters. The number of nitrogens with zero attached hydrogens (tertiary/aromatic N) is 6. The van der Waals surface area contributed by atoms with Crippen molar-refractivity contribution < 1.29 is 73.8 Å².